The number of amides is 4. The molecule has 2 N–H and O–H groups in total. The van der Waals surface area contributed by atoms with Gasteiger partial charge in [-0.25, -0.2) is 8.78 Å². The van der Waals surface area contributed by atoms with Crippen LogP contribution in [0.2, 0.25) is 0 Å². The van der Waals surface area contributed by atoms with Crippen molar-refractivity contribution in [2.24, 2.45) is 5.92 Å². The standard InChI is InChI=1S/C49H45F2N3O6S/c1-28(2)22-32-10-9-15-39(37-12-6-5-11-36(37)29(3)4)45(32)60-35-25-34(26-52-46(56)31-18-16-30(17-19-31)23-43-47(57)53-49(59)61-43)54(27-35)48(58)40-14-8-7-13-38(40)44(55)41-21-20-33(50)24-42(41)51/h5-21,23-24,28-29,34-35H,22,25-27H2,1-4H3,(H,52,56)(H,53,57,59)/b43-23+/t34-,35+/m0/s1. The topological polar surface area (TPSA) is 122 Å². The number of ketones is 1. The number of para-hydroxylation sites is 1. The lowest BCUT2D eigenvalue weighted by Crippen LogP contribution is -2.43. The summed E-state index contributed by atoms with van der Waals surface area (Å²) in [5, 5.41) is 4.73. The number of benzene rings is 5. The van der Waals surface area contributed by atoms with Crippen molar-refractivity contribution in [3.8, 4) is 16.9 Å². The molecule has 5 aromatic carbocycles. The number of hydrogen-bond donors (Lipinski definition) is 2. The summed E-state index contributed by atoms with van der Waals surface area (Å²) in [5.74, 6) is -2.76. The molecule has 0 radical (unpaired) electrons. The third-order valence-corrected chi connectivity index (χ3v) is 11.5. The van der Waals surface area contributed by atoms with Crippen molar-refractivity contribution in [3.05, 3.63) is 165 Å². The molecule has 9 nitrogen and oxygen atoms in total. The van der Waals surface area contributed by atoms with Gasteiger partial charge < -0.3 is 15.0 Å². The van der Waals surface area contributed by atoms with Crippen molar-refractivity contribution in [3.63, 3.8) is 0 Å². The highest BCUT2D eigenvalue weighted by Crippen LogP contribution is 2.40. The first-order chi connectivity index (χ1) is 29.3. The van der Waals surface area contributed by atoms with Crippen LogP contribution >= 0.6 is 11.8 Å². The van der Waals surface area contributed by atoms with Crippen molar-refractivity contribution in [1.29, 1.82) is 0 Å². The minimum absolute atomic E-state index is 0.0282. The molecule has 4 amide bonds. The third-order valence-electron chi connectivity index (χ3n) is 10.7. The Kier molecular flexibility index (Phi) is 12.9. The van der Waals surface area contributed by atoms with E-state index >= 15 is 0 Å². The number of hydrogen-bond acceptors (Lipinski definition) is 7. The number of thioether (sulfide) groups is 1. The molecule has 5 aromatic rings. The maximum absolute atomic E-state index is 14.9. The molecule has 0 aliphatic carbocycles. The molecule has 0 unspecified atom stereocenters. The second-order valence-electron chi connectivity index (χ2n) is 15.9. The Morgan fingerprint density at radius 3 is 2.25 bits per heavy atom. The number of nitrogens with one attached hydrogen (secondary N) is 2. The van der Waals surface area contributed by atoms with E-state index in [4.69, 9.17) is 4.74 Å². The molecule has 2 aliphatic rings. The van der Waals surface area contributed by atoms with Crippen molar-refractivity contribution in [1.82, 2.24) is 15.5 Å². The van der Waals surface area contributed by atoms with Gasteiger partial charge >= 0.3 is 0 Å². The van der Waals surface area contributed by atoms with E-state index in [-0.39, 0.29) is 40.6 Å². The van der Waals surface area contributed by atoms with Crippen LogP contribution in [0.3, 0.4) is 0 Å². The first kappa shape index (κ1) is 42.7. The molecule has 0 spiro atoms. The molecule has 0 saturated carbocycles. The van der Waals surface area contributed by atoms with E-state index in [9.17, 15) is 32.8 Å². The third kappa shape index (κ3) is 9.65. The Hall–Kier alpha value is -6.40. The number of halogens is 2. The van der Waals surface area contributed by atoms with Gasteiger partial charge in [0.1, 0.15) is 23.5 Å². The SMILES string of the molecule is CC(C)Cc1cccc(-c2ccccc2C(C)C)c1O[C@@H]1C[C@@H](CNC(=O)c2ccc(/C=C3/SC(=O)NC3=O)cc2)N(C(=O)c2ccccc2C(=O)c2ccc(F)cc2F)C1. The van der Waals surface area contributed by atoms with Gasteiger partial charge in [0.2, 0.25) is 0 Å². The first-order valence-electron chi connectivity index (χ1n) is 20.2. The molecule has 61 heavy (non-hydrogen) atoms. The van der Waals surface area contributed by atoms with Crippen LogP contribution in [0.1, 0.15) is 93.4 Å². The summed E-state index contributed by atoms with van der Waals surface area (Å²) in [5.41, 5.74) is 4.74. The van der Waals surface area contributed by atoms with Gasteiger partial charge in [-0.3, -0.25) is 29.3 Å². The lowest BCUT2D eigenvalue weighted by Gasteiger charge is -2.26. The fourth-order valence-corrected chi connectivity index (χ4v) is 8.49. The van der Waals surface area contributed by atoms with Gasteiger partial charge in [0.25, 0.3) is 23.0 Å². The van der Waals surface area contributed by atoms with Crippen LogP contribution in [0.5, 0.6) is 5.75 Å². The highest BCUT2D eigenvalue weighted by Gasteiger charge is 2.39. The van der Waals surface area contributed by atoms with Crippen LogP contribution < -0.4 is 15.4 Å². The molecule has 0 bridgehead atoms. The van der Waals surface area contributed by atoms with E-state index in [1.165, 1.54) is 17.7 Å². The fraction of sp³-hybridized carbons (Fsp3) is 0.245. The van der Waals surface area contributed by atoms with Crippen LogP contribution in [0, 0.1) is 17.6 Å². The van der Waals surface area contributed by atoms with Crippen molar-refractivity contribution in [2.75, 3.05) is 13.1 Å². The Morgan fingerprint density at radius 1 is 0.852 bits per heavy atom. The molecule has 12 heteroatoms. The molecule has 2 atom stereocenters. The van der Waals surface area contributed by atoms with Gasteiger partial charge in [0.05, 0.1) is 28.6 Å². The summed E-state index contributed by atoms with van der Waals surface area (Å²) in [6.45, 7) is 8.73. The van der Waals surface area contributed by atoms with Gasteiger partial charge in [0.15, 0.2) is 5.78 Å². The molecule has 0 aromatic heterocycles. The van der Waals surface area contributed by atoms with Crippen LogP contribution in [0.4, 0.5) is 13.6 Å². The maximum Gasteiger partial charge on any atom is 0.290 e. The zero-order valence-electron chi connectivity index (χ0n) is 34.2. The van der Waals surface area contributed by atoms with E-state index in [1.54, 1.807) is 47.4 Å². The van der Waals surface area contributed by atoms with Crippen LogP contribution in [0.15, 0.2) is 114 Å². The predicted molar refractivity (Wildman–Crippen MR) is 232 cm³/mol. The highest BCUT2D eigenvalue weighted by atomic mass is 32.2. The molecule has 7 rings (SSSR count). The Labute approximate surface area is 357 Å². The lowest BCUT2D eigenvalue weighted by atomic mass is 9.90. The number of imide groups is 1. The van der Waals surface area contributed by atoms with Gasteiger partial charge in [-0.15, -0.1) is 0 Å². The Bertz CT molecular complexity index is 2550. The predicted octanol–water partition coefficient (Wildman–Crippen LogP) is 9.60. The second kappa shape index (κ2) is 18.5. The summed E-state index contributed by atoms with van der Waals surface area (Å²) < 4.78 is 35.7. The fourth-order valence-electron chi connectivity index (χ4n) is 7.81. The molecule has 312 valence electrons. The summed E-state index contributed by atoms with van der Waals surface area (Å²) in [6, 6.07) is 29.1. The second-order valence-corrected chi connectivity index (χ2v) is 16.9. The lowest BCUT2D eigenvalue weighted by molar-refractivity contribution is -0.115. The minimum atomic E-state index is -1.04. The average molecular weight is 842 g/mol. The maximum atomic E-state index is 14.9. The van der Waals surface area contributed by atoms with Gasteiger partial charge in [-0.2, -0.15) is 0 Å². The summed E-state index contributed by atoms with van der Waals surface area (Å²) in [7, 11) is 0. The number of nitrogens with zero attached hydrogens (tertiary/aromatic N) is 1. The van der Waals surface area contributed by atoms with E-state index in [0.717, 1.165) is 52.8 Å². The molecule has 2 heterocycles. The number of carbonyl (C=O) groups excluding carboxylic acids is 5. The van der Waals surface area contributed by atoms with E-state index in [2.05, 4.69) is 62.6 Å². The summed E-state index contributed by atoms with van der Waals surface area (Å²) in [4.78, 5) is 67.5. The molecule has 2 saturated heterocycles. The average Bonchev–Trinajstić information content (AvgIpc) is 3.80. The van der Waals surface area contributed by atoms with Gasteiger partial charge in [-0.05, 0) is 88.7 Å². The molecular weight excluding hydrogens is 797 g/mol. The normalized spacial score (nSPS) is 17.0. The molecular formula is C49H45F2N3O6S. The van der Waals surface area contributed by atoms with Gasteiger partial charge in [-0.1, -0.05) is 100 Å². The van der Waals surface area contributed by atoms with Crippen LogP contribution in [-0.4, -0.2) is 58.9 Å². The largest absolute Gasteiger partial charge is 0.488 e. The van der Waals surface area contributed by atoms with Crippen molar-refractivity contribution >= 4 is 46.6 Å². The monoisotopic (exact) mass is 841 g/mol. The van der Waals surface area contributed by atoms with E-state index < -0.39 is 52.5 Å². The Balaban J connectivity index is 1.20. The quantitative estimate of drug-likeness (QED) is 0.0895. The number of carbonyl (C=O) groups is 5. The number of ether oxygens (including phenoxy) is 1. The zero-order valence-corrected chi connectivity index (χ0v) is 35.0. The van der Waals surface area contributed by atoms with Crippen molar-refractivity contribution in [2.45, 2.75) is 58.6 Å². The van der Waals surface area contributed by atoms with Gasteiger partial charge in [0, 0.05) is 35.7 Å². The number of likely N-dealkylation sites (tertiary alicyclic amines) is 1. The zero-order chi connectivity index (χ0) is 43.4. The number of rotatable bonds is 13. The summed E-state index contributed by atoms with van der Waals surface area (Å²) >= 11 is 0.800. The highest BCUT2D eigenvalue weighted by molar-refractivity contribution is 8.18. The van der Waals surface area contributed by atoms with Crippen LogP contribution in [-0.2, 0) is 11.2 Å². The van der Waals surface area contributed by atoms with E-state index in [0.29, 0.717) is 29.5 Å². The Morgan fingerprint density at radius 2 is 1.56 bits per heavy atom. The van der Waals surface area contributed by atoms with E-state index in [1.807, 2.05) is 18.2 Å². The molecule has 2 fully saturated rings. The van der Waals surface area contributed by atoms with Crippen molar-refractivity contribution < 1.29 is 37.5 Å². The molecule has 2 aliphatic heterocycles. The minimum Gasteiger partial charge on any atom is -0.488 e. The van der Waals surface area contributed by atoms with Crippen LogP contribution in [0.25, 0.3) is 17.2 Å². The smallest absolute Gasteiger partial charge is 0.290 e. The first-order valence-corrected chi connectivity index (χ1v) is 21.0. The summed E-state index contributed by atoms with van der Waals surface area (Å²) in [6.07, 6.45) is 2.12.